The minimum Gasteiger partial charge on any atom is -0.484 e. The van der Waals surface area contributed by atoms with Crippen LogP contribution in [-0.2, 0) is 11.3 Å². The lowest BCUT2D eigenvalue weighted by Gasteiger charge is -2.39. The first-order chi connectivity index (χ1) is 10.6. The number of hydrogen-bond acceptors (Lipinski definition) is 3. The number of carbonyl (C=O) groups excluding carboxylic acids is 1. The number of amides is 1. The molecular formula is C16H18BrN3O2. The topological polar surface area (TPSA) is 47.4 Å². The number of aryl methyl sites for hydroxylation is 1. The minimum absolute atomic E-state index is 0.0411. The summed E-state index contributed by atoms with van der Waals surface area (Å²) in [5.41, 5.74) is 1.12. The summed E-state index contributed by atoms with van der Waals surface area (Å²) in [6, 6.07) is 7.73. The van der Waals surface area contributed by atoms with Crippen LogP contribution in [0.15, 0.2) is 41.1 Å². The third kappa shape index (κ3) is 3.68. The minimum atomic E-state index is 0.0411. The van der Waals surface area contributed by atoms with Crippen molar-refractivity contribution < 1.29 is 9.53 Å². The summed E-state index contributed by atoms with van der Waals surface area (Å²) >= 11 is 3.38. The van der Waals surface area contributed by atoms with Gasteiger partial charge in [-0.3, -0.25) is 9.48 Å². The Bertz CT molecular complexity index is 665. The Labute approximate surface area is 138 Å². The SMILES string of the molecule is Cc1cccc(OCC(=O)N2CC(Cn3cc(Br)cn3)C2)c1. The van der Waals surface area contributed by atoms with Gasteiger partial charge in [0, 0.05) is 31.7 Å². The molecule has 0 bridgehead atoms. The maximum absolute atomic E-state index is 12.1. The first-order valence-corrected chi connectivity index (χ1v) is 8.04. The predicted octanol–water partition coefficient (Wildman–Crippen LogP) is 2.49. The Balaban J connectivity index is 1.41. The Hall–Kier alpha value is -1.82. The van der Waals surface area contributed by atoms with Gasteiger partial charge in [-0.25, -0.2) is 0 Å². The number of hydrogen-bond donors (Lipinski definition) is 0. The smallest absolute Gasteiger partial charge is 0.260 e. The van der Waals surface area contributed by atoms with Gasteiger partial charge in [-0.05, 0) is 40.5 Å². The van der Waals surface area contributed by atoms with E-state index in [1.807, 2.05) is 47.0 Å². The van der Waals surface area contributed by atoms with Crippen LogP contribution in [0.2, 0.25) is 0 Å². The molecule has 0 aliphatic carbocycles. The molecule has 1 aliphatic rings. The van der Waals surface area contributed by atoms with Crippen molar-refractivity contribution in [2.24, 2.45) is 5.92 Å². The van der Waals surface area contributed by atoms with Crippen LogP contribution in [0.25, 0.3) is 0 Å². The lowest BCUT2D eigenvalue weighted by atomic mass is 10.0. The zero-order valence-corrected chi connectivity index (χ0v) is 14.0. The summed E-state index contributed by atoms with van der Waals surface area (Å²) in [4.78, 5) is 13.9. The van der Waals surface area contributed by atoms with Crippen LogP contribution in [0.3, 0.4) is 0 Å². The molecule has 1 saturated heterocycles. The average molecular weight is 364 g/mol. The molecule has 2 heterocycles. The molecule has 22 heavy (non-hydrogen) atoms. The molecule has 116 valence electrons. The Morgan fingerprint density at radius 1 is 1.45 bits per heavy atom. The molecule has 2 aromatic rings. The lowest BCUT2D eigenvalue weighted by molar-refractivity contribution is -0.140. The molecule has 1 fully saturated rings. The lowest BCUT2D eigenvalue weighted by Crippen LogP contribution is -2.52. The van der Waals surface area contributed by atoms with Crippen LogP contribution >= 0.6 is 15.9 Å². The second kappa shape index (κ2) is 6.52. The fourth-order valence-corrected chi connectivity index (χ4v) is 2.86. The molecule has 0 atom stereocenters. The molecule has 0 radical (unpaired) electrons. The summed E-state index contributed by atoms with van der Waals surface area (Å²) in [6.45, 7) is 4.49. The summed E-state index contributed by atoms with van der Waals surface area (Å²) in [7, 11) is 0. The van der Waals surface area contributed by atoms with Gasteiger partial charge in [0.25, 0.3) is 5.91 Å². The van der Waals surface area contributed by atoms with E-state index in [0.717, 1.165) is 35.4 Å². The number of likely N-dealkylation sites (tertiary alicyclic amines) is 1. The largest absolute Gasteiger partial charge is 0.484 e. The van der Waals surface area contributed by atoms with Gasteiger partial charge < -0.3 is 9.64 Å². The van der Waals surface area contributed by atoms with E-state index in [-0.39, 0.29) is 12.5 Å². The molecule has 0 unspecified atom stereocenters. The van der Waals surface area contributed by atoms with Crippen LogP contribution in [0, 0.1) is 12.8 Å². The van der Waals surface area contributed by atoms with Crippen molar-refractivity contribution >= 4 is 21.8 Å². The molecular weight excluding hydrogens is 346 g/mol. The molecule has 3 rings (SSSR count). The highest BCUT2D eigenvalue weighted by molar-refractivity contribution is 9.10. The zero-order valence-electron chi connectivity index (χ0n) is 12.4. The number of benzene rings is 1. The number of carbonyl (C=O) groups is 1. The Morgan fingerprint density at radius 2 is 2.27 bits per heavy atom. The van der Waals surface area contributed by atoms with Crippen LogP contribution < -0.4 is 4.74 Å². The van der Waals surface area contributed by atoms with Crippen molar-refractivity contribution in [1.82, 2.24) is 14.7 Å². The second-order valence-electron chi connectivity index (χ2n) is 5.65. The van der Waals surface area contributed by atoms with E-state index in [2.05, 4.69) is 21.0 Å². The maximum atomic E-state index is 12.1. The van der Waals surface area contributed by atoms with E-state index < -0.39 is 0 Å². The van der Waals surface area contributed by atoms with Gasteiger partial charge in [-0.2, -0.15) is 5.10 Å². The number of aromatic nitrogens is 2. The molecule has 5 nitrogen and oxygen atoms in total. The first kappa shape index (κ1) is 15.1. The van der Waals surface area contributed by atoms with Crippen LogP contribution in [-0.4, -0.2) is 40.3 Å². The third-order valence-electron chi connectivity index (χ3n) is 3.71. The fourth-order valence-electron chi connectivity index (χ4n) is 2.53. The zero-order chi connectivity index (χ0) is 15.5. The standard InChI is InChI=1S/C16H18BrN3O2/c1-12-3-2-4-15(5-12)22-11-16(21)19-7-13(8-19)9-20-10-14(17)6-18-20/h2-6,10,13H,7-9,11H2,1H3. The van der Waals surface area contributed by atoms with Gasteiger partial charge in [-0.1, -0.05) is 12.1 Å². The van der Waals surface area contributed by atoms with Crippen LogP contribution in [0.5, 0.6) is 5.75 Å². The van der Waals surface area contributed by atoms with Crippen molar-refractivity contribution in [2.75, 3.05) is 19.7 Å². The number of halogens is 1. The molecule has 6 heteroatoms. The Morgan fingerprint density at radius 3 is 2.95 bits per heavy atom. The monoisotopic (exact) mass is 363 g/mol. The van der Waals surface area contributed by atoms with E-state index >= 15 is 0 Å². The summed E-state index contributed by atoms with van der Waals surface area (Å²) < 4.78 is 8.43. The number of ether oxygens (including phenoxy) is 1. The van der Waals surface area contributed by atoms with E-state index in [9.17, 15) is 4.79 Å². The van der Waals surface area contributed by atoms with Crippen LogP contribution in [0.4, 0.5) is 0 Å². The molecule has 1 aromatic heterocycles. The average Bonchev–Trinajstić information content (AvgIpc) is 2.85. The van der Waals surface area contributed by atoms with Crippen molar-refractivity contribution in [3.8, 4) is 5.75 Å². The van der Waals surface area contributed by atoms with Crippen molar-refractivity contribution in [1.29, 1.82) is 0 Å². The fraction of sp³-hybridized carbons (Fsp3) is 0.375. The van der Waals surface area contributed by atoms with Crippen molar-refractivity contribution in [2.45, 2.75) is 13.5 Å². The first-order valence-electron chi connectivity index (χ1n) is 7.25. The number of nitrogens with zero attached hydrogens (tertiary/aromatic N) is 3. The molecule has 1 aromatic carbocycles. The van der Waals surface area contributed by atoms with Crippen LogP contribution in [0.1, 0.15) is 5.56 Å². The molecule has 1 amide bonds. The highest BCUT2D eigenvalue weighted by Gasteiger charge is 2.31. The summed E-state index contributed by atoms with van der Waals surface area (Å²) in [5, 5.41) is 4.23. The van der Waals surface area contributed by atoms with Gasteiger partial charge in [0.2, 0.25) is 0 Å². The van der Waals surface area contributed by atoms with Gasteiger partial charge >= 0.3 is 0 Å². The van der Waals surface area contributed by atoms with Crippen molar-refractivity contribution in [3.05, 3.63) is 46.7 Å². The summed E-state index contributed by atoms with van der Waals surface area (Å²) in [5.74, 6) is 1.25. The van der Waals surface area contributed by atoms with Gasteiger partial charge in [0.15, 0.2) is 6.61 Å². The molecule has 0 N–H and O–H groups in total. The Kier molecular flexibility index (Phi) is 4.47. The van der Waals surface area contributed by atoms with E-state index in [1.54, 1.807) is 6.20 Å². The summed E-state index contributed by atoms with van der Waals surface area (Å²) in [6.07, 6.45) is 3.72. The van der Waals surface area contributed by atoms with E-state index in [4.69, 9.17) is 4.74 Å². The highest BCUT2D eigenvalue weighted by atomic mass is 79.9. The molecule has 0 spiro atoms. The van der Waals surface area contributed by atoms with E-state index in [0.29, 0.717) is 5.92 Å². The molecule has 1 aliphatic heterocycles. The van der Waals surface area contributed by atoms with E-state index in [1.165, 1.54) is 0 Å². The van der Waals surface area contributed by atoms with Gasteiger partial charge in [0.1, 0.15) is 5.75 Å². The van der Waals surface area contributed by atoms with Gasteiger partial charge in [0.05, 0.1) is 10.7 Å². The normalized spacial score (nSPS) is 14.7. The third-order valence-corrected chi connectivity index (χ3v) is 4.12. The number of rotatable bonds is 5. The maximum Gasteiger partial charge on any atom is 0.260 e. The predicted molar refractivity (Wildman–Crippen MR) is 86.7 cm³/mol. The quantitative estimate of drug-likeness (QED) is 0.819. The van der Waals surface area contributed by atoms with Gasteiger partial charge in [-0.15, -0.1) is 0 Å². The second-order valence-corrected chi connectivity index (χ2v) is 6.57. The highest BCUT2D eigenvalue weighted by Crippen LogP contribution is 2.19. The molecule has 0 saturated carbocycles. The van der Waals surface area contributed by atoms with Crippen molar-refractivity contribution in [3.63, 3.8) is 0 Å².